The Hall–Kier alpha value is -0.590. The van der Waals surface area contributed by atoms with Crippen molar-refractivity contribution in [3.8, 4) is 0 Å². The topological polar surface area (TPSA) is 36.9 Å². The van der Waals surface area contributed by atoms with Crippen LogP contribution in [0.2, 0.25) is 0 Å². The Kier molecular flexibility index (Phi) is 6.99. The number of nitrogens with one attached hydrogen (secondary N) is 1. The fourth-order valence-electron chi connectivity index (χ4n) is 2.55. The molecule has 2 heterocycles. The molecule has 1 aliphatic heterocycles. The van der Waals surface area contributed by atoms with Crippen molar-refractivity contribution in [3.63, 3.8) is 0 Å². The standard InChI is InChI=1S/C15H24BrN3OS/c1-17-15(18-8-5-12-6-9-20-10-7-12)19(2)11-13-3-4-14(16)21-13/h3-4,12H,5-11H2,1-2H3,(H,17,18). The molecule has 0 radical (unpaired) electrons. The summed E-state index contributed by atoms with van der Waals surface area (Å²) < 4.78 is 6.57. The highest BCUT2D eigenvalue weighted by atomic mass is 79.9. The monoisotopic (exact) mass is 373 g/mol. The average Bonchev–Trinajstić information content (AvgIpc) is 2.89. The molecular formula is C15H24BrN3OS. The van der Waals surface area contributed by atoms with Crippen molar-refractivity contribution in [2.45, 2.75) is 25.8 Å². The highest BCUT2D eigenvalue weighted by molar-refractivity contribution is 9.11. The largest absolute Gasteiger partial charge is 0.381 e. The summed E-state index contributed by atoms with van der Waals surface area (Å²) in [5.74, 6) is 1.76. The number of hydrogen-bond acceptors (Lipinski definition) is 3. The van der Waals surface area contributed by atoms with Gasteiger partial charge in [0.1, 0.15) is 0 Å². The molecular weight excluding hydrogens is 350 g/mol. The molecule has 2 rings (SSSR count). The summed E-state index contributed by atoms with van der Waals surface area (Å²) >= 11 is 5.27. The fraction of sp³-hybridized carbons (Fsp3) is 0.667. The summed E-state index contributed by atoms with van der Waals surface area (Å²) in [6.07, 6.45) is 3.58. The lowest BCUT2D eigenvalue weighted by atomic mass is 9.97. The van der Waals surface area contributed by atoms with Crippen LogP contribution in [-0.2, 0) is 11.3 Å². The molecule has 0 amide bonds. The minimum Gasteiger partial charge on any atom is -0.381 e. The van der Waals surface area contributed by atoms with Crippen LogP contribution < -0.4 is 5.32 Å². The lowest BCUT2D eigenvalue weighted by molar-refractivity contribution is 0.0643. The van der Waals surface area contributed by atoms with Crippen LogP contribution in [0, 0.1) is 5.92 Å². The molecule has 1 N–H and O–H groups in total. The number of ether oxygens (including phenoxy) is 1. The molecule has 0 atom stereocenters. The predicted molar refractivity (Wildman–Crippen MR) is 93.0 cm³/mol. The van der Waals surface area contributed by atoms with Crippen LogP contribution in [0.4, 0.5) is 0 Å². The molecule has 0 aromatic carbocycles. The maximum absolute atomic E-state index is 5.40. The minimum atomic E-state index is 0.794. The first kappa shape index (κ1) is 16.8. The van der Waals surface area contributed by atoms with Gasteiger partial charge in [-0.3, -0.25) is 4.99 Å². The number of aliphatic imine (C=N–C) groups is 1. The summed E-state index contributed by atoms with van der Waals surface area (Å²) in [5, 5.41) is 3.47. The zero-order valence-corrected chi connectivity index (χ0v) is 15.2. The summed E-state index contributed by atoms with van der Waals surface area (Å²) in [7, 11) is 3.93. The van der Waals surface area contributed by atoms with Crippen molar-refractivity contribution in [2.24, 2.45) is 10.9 Å². The van der Waals surface area contributed by atoms with E-state index in [-0.39, 0.29) is 0 Å². The highest BCUT2D eigenvalue weighted by Crippen LogP contribution is 2.23. The molecule has 6 heteroatoms. The SMILES string of the molecule is CN=C(NCCC1CCOCC1)N(C)Cc1ccc(Br)s1. The Morgan fingerprint density at radius 2 is 2.24 bits per heavy atom. The molecule has 21 heavy (non-hydrogen) atoms. The Bertz CT molecular complexity index is 458. The smallest absolute Gasteiger partial charge is 0.193 e. The van der Waals surface area contributed by atoms with E-state index in [1.807, 2.05) is 7.05 Å². The van der Waals surface area contributed by atoms with Gasteiger partial charge < -0.3 is 15.0 Å². The molecule has 0 unspecified atom stereocenters. The van der Waals surface area contributed by atoms with Gasteiger partial charge in [0.2, 0.25) is 0 Å². The normalized spacial score (nSPS) is 17.0. The van der Waals surface area contributed by atoms with Crippen LogP contribution in [0.25, 0.3) is 0 Å². The van der Waals surface area contributed by atoms with E-state index in [2.05, 4.69) is 50.3 Å². The molecule has 0 spiro atoms. The molecule has 118 valence electrons. The Labute approximate surface area is 139 Å². The van der Waals surface area contributed by atoms with Gasteiger partial charge in [-0.25, -0.2) is 0 Å². The van der Waals surface area contributed by atoms with Crippen LogP contribution in [0.5, 0.6) is 0 Å². The Balaban J connectivity index is 1.74. The van der Waals surface area contributed by atoms with Crippen LogP contribution in [0.15, 0.2) is 20.9 Å². The van der Waals surface area contributed by atoms with E-state index in [1.165, 1.54) is 27.9 Å². The van der Waals surface area contributed by atoms with E-state index < -0.39 is 0 Å². The van der Waals surface area contributed by atoms with Crippen molar-refractivity contribution in [2.75, 3.05) is 33.9 Å². The highest BCUT2D eigenvalue weighted by Gasteiger charge is 2.14. The number of thiophene rings is 1. The van der Waals surface area contributed by atoms with Gasteiger partial charge >= 0.3 is 0 Å². The van der Waals surface area contributed by atoms with Crippen molar-refractivity contribution < 1.29 is 4.74 Å². The van der Waals surface area contributed by atoms with Gasteiger partial charge in [-0.2, -0.15) is 0 Å². The number of hydrogen-bond donors (Lipinski definition) is 1. The summed E-state index contributed by atoms with van der Waals surface area (Å²) in [6.45, 7) is 3.71. The van der Waals surface area contributed by atoms with E-state index in [9.17, 15) is 0 Å². The first-order valence-corrected chi connectivity index (χ1v) is 9.03. The van der Waals surface area contributed by atoms with E-state index in [1.54, 1.807) is 11.3 Å². The number of nitrogens with zero attached hydrogens (tertiary/aromatic N) is 2. The second-order valence-electron chi connectivity index (χ2n) is 5.38. The molecule has 0 saturated carbocycles. The number of halogens is 1. The molecule has 0 aliphatic carbocycles. The third kappa shape index (κ3) is 5.60. The van der Waals surface area contributed by atoms with E-state index in [0.717, 1.165) is 38.2 Å². The quantitative estimate of drug-likeness (QED) is 0.635. The zero-order valence-electron chi connectivity index (χ0n) is 12.8. The van der Waals surface area contributed by atoms with Crippen LogP contribution >= 0.6 is 27.3 Å². The van der Waals surface area contributed by atoms with Crippen LogP contribution in [-0.4, -0.2) is 44.7 Å². The predicted octanol–water partition coefficient (Wildman–Crippen LogP) is 3.33. The summed E-state index contributed by atoms with van der Waals surface area (Å²) in [5.41, 5.74) is 0. The number of rotatable bonds is 5. The van der Waals surface area contributed by atoms with E-state index >= 15 is 0 Å². The lowest BCUT2D eigenvalue weighted by Gasteiger charge is -2.24. The first-order chi connectivity index (χ1) is 10.2. The van der Waals surface area contributed by atoms with Crippen molar-refractivity contribution >= 4 is 33.2 Å². The summed E-state index contributed by atoms with van der Waals surface area (Å²) in [6, 6.07) is 4.25. The first-order valence-electron chi connectivity index (χ1n) is 7.42. The summed E-state index contributed by atoms with van der Waals surface area (Å²) in [4.78, 5) is 7.87. The molecule has 1 fully saturated rings. The van der Waals surface area contributed by atoms with Gasteiger partial charge in [-0.05, 0) is 53.2 Å². The maximum atomic E-state index is 5.40. The van der Waals surface area contributed by atoms with E-state index in [4.69, 9.17) is 4.74 Å². The second kappa shape index (κ2) is 8.76. The van der Waals surface area contributed by atoms with Crippen LogP contribution in [0.3, 0.4) is 0 Å². The number of guanidine groups is 1. The molecule has 1 aromatic heterocycles. The van der Waals surface area contributed by atoms with Crippen molar-refractivity contribution in [3.05, 3.63) is 20.8 Å². The lowest BCUT2D eigenvalue weighted by Crippen LogP contribution is -2.39. The van der Waals surface area contributed by atoms with Gasteiger partial charge in [0.15, 0.2) is 5.96 Å². The fourth-order valence-corrected chi connectivity index (χ4v) is 4.09. The van der Waals surface area contributed by atoms with Gasteiger partial charge in [-0.15, -0.1) is 11.3 Å². The van der Waals surface area contributed by atoms with Crippen molar-refractivity contribution in [1.29, 1.82) is 0 Å². The zero-order chi connectivity index (χ0) is 15.1. The third-order valence-electron chi connectivity index (χ3n) is 3.77. The molecule has 1 aliphatic rings. The molecule has 1 saturated heterocycles. The van der Waals surface area contributed by atoms with Gasteiger partial charge in [0.25, 0.3) is 0 Å². The average molecular weight is 374 g/mol. The van der Waals surface area contributed by atoms with E-state index in [0.29, 0.717) is 0 Å². The maximum Gasteiger partial charge on any atom is 0.193 e. The second-order valence-corrected chi connectivity index (χ2v) is 7.93. The van der Waals surface area contributed by atoms with Crippen LogP contribution in [0.1, 0.15) is 24.1 Å². The van der Waals surface area contributed by atoms with Gasteiger partial charge in [-0.1, -0.05) is 0 Å². The van der Waals surface area contributed by atoms with Gasteiger partial charge in [0, 0.05) is 38.7 Å². The molecule has 4 nitrogen and oxygen atoms in total. The third-order valence-corrected chi connectivity index (χ3v) is 5.38. The Morgan fingerprint density at radius 1 is 1.48 bits per heavy atom. The Morgan fingerprint density at radius 3 is 2.86 bits per heavy atom. The molecule has 0 bridgehead atoms. The molecule has 1 aromatic rings. The van der Waals surface area contributed by atoms with Gasteiger partial charge in [0.05, 0.1) is 10.3 Å². The van der Waals surface area contributed by atoms with Crippen molar-refractivity contribution in [1.82, 2.24) is 10.2 Å². The minimum absolute atomic E-state index is 0.794.